The first-order valence-electron chi connectivity index (χ1n) is 19.5. The van der Waals surface area contributed by atoms with E-state index in [0.717, 1.165) is 17.1 Å². The number of fused-ring (bicyclic) bond motifs is 12. The van der Waals surface area contributed by atoms with Gasteiger partial charge in [0.05, 0.1) is 16.7 Å². The van der Waals surface area contributed by atoms with Gasteiger partial charge in [0.1, 0.15) is 0 Å². The minimum absolute atomic E-state index is 1.10. The third-order valence-corrected chi connectivity index (χ3v) is 13.0. The Kier molecular flexibility index (Phi) is 7.13. The molecule has 266 valence electrons. The highest BCUT2D eigenvalue weighted by molar-refractivity contribution is 7.26. The van der Waals surface area contributed by atoms with Crippen LogP contribution in [0.4, 0.5) is 17.1 Å². The van der Waals surface area contributed by atoms with Crippen LogP contribution in [0.15, 0.2) is 206 Å². The van der Waals surface area contributed by atoms with Crippen molar-refractivity contribution in [1.29, 1.82) is 0 Å². The quantitative estimate of drug-likeness (QED) is 0.159. The summed E-state index contributed by atoms with van der Waals surface area (Å²) in [7, 11) is 0. The number of hydrogen-bond acceptors (Lipinski definition) is 2. The highest BCUT2D eigenvalue weighted by Gasteiger charge is 2.21. The van der Waals surface area contributed by atoms with Crippen LogP contribution in [0.3, 0.4) is 0 Å². The predicted octanol–water partition coefficient (Wildman–Crippen LogP) is 15.7. The molecule has 0 aliphatic heterocycles. The Labute approximate surface area is 333 Å². The smallest absolute Gasteiger partial charge is 0.0562 e. The lowest BCUT2D eigenvalue weighted by atomic mass is 9.94. The van der Waals surface area contributed by atoms with Gasteiger partial charge in [0.2, 0.25) is 0 Å². The molecule has 0 bridgehead atoms. The molecule has 0 aliphatic carbocycles. The van der Waals surface area contributed by atoms with E-state index in [1.165, 1.54) is 91.1 Å². The van der Waals surface area contributed by atoms with E-state index in [9.17, 15) is 0 Å². The topological polar surface area (TPSA) is 8.17 Å². The Bertz CT molecular complexity index is 3500. The fraction of sp³-hybridized carbons (Fsp3) is 0. The molecule has 12 aromatic rings. The minimum atomic E-state index is 1.10. The lowest BCUT2D eigenvalue weighted by molar-refractivity contribution is 1.18. The zero-order chi connectivity index (χ0) is 37.5. The Morgan fingerprint density at radius 1 is 0.316 bits per heavy atom. The Morgan fingerprint density at radius 2 is 0.842 bits per heavy atom. The Morgan fingerprint density at radius 3 is 1.61 bits per heavy atom. The summed E-state index contributed by atoms with van der Waals surface area (Å²) in [5.41, 5.74) is 9.34. The number of nitrogens with zero attached hydrogens (tertiary/aromatic N) is 2. The van der Waals surface area contributed by atoms with Crippen LogP contribution in [-0.4, -0.2) is 4.57 Å². The average molecular weight is 743 g/mol. The van der Waals surface area contributed by atoms with E-state index in [0.29, 0.717) is 0 Å². The highest BCUT2D eigenvalue weighted by Crippen LogP contribution is 2.45. The monoisotopic (exact) mass is 742 g/mol. The number of benzene rings is 10. The number of rotatable bonds is 5. The van der Waals surface area contributed by atoms with Crippen molar-refractivity contribution < 1.29 is 0 Å². The molecule has 0 radical (unpaired) electrons. The molecular weight excluding hydrogens is 709 g/mol. The number of anilines is 3. The van der Waals surface area contributed by atoms with E-state index in [-0.39, 0.29) is 0 Å². The van der Waals surface area contributed by atoms with Gasteiger partial charge in [0.15, 0.2) is 0 Å². The summed E-state index contributed by atoms with van der Waals surface area (Å²) in [5, 5.41) is 12.7. The second-order valence-corrected chi connectivity index (χ2v) is 15.9. The third-order valence-electron chi connectivity index (χ3n) is 11.8. The van der Waals surface area contributed by atoms with Crippen molar-refractivity contribution in [3.63, 3.8) is 0 Å². The second-order valence-electron chi connectivity index (χ2n) is 14.8. The average Bonchev–Trinajstić information content (AvgIpc) is 3.83. The fourth-order valence-corrected chi connectivity index (χ4v) is 10.5. The van der Waals surface area contributed by atoms with Crippen molar-refractivity contribution in [2.75, 3.05) is 4.90 Å². The zero-order valence-corrected chi connectivity index (χ0v) is 31.7. The Balaban J connectivity index is 1.11. The normalized spacial score (nSPS) is 11.9. The molecular formula is C54H34N2S. The van der Waals surface area contributed by atoms with Gasteiger partial charge < -0.3 is 9.47 Å². The van der Waals surface area contributed by atoms with Crippen LogP contribution in [0.25, 0.3) is 91.1 Å². The molecule has 0 N–H and O–H groups in total. The number of thiophene rings is 1. The number of hydrogen-bond donors (Lipinski definition) is 0. The lowest BCUT2D eigenvalue weighted by Crippen LogP contribution is -2.10. The van der Waals surface area contributed by atoms with Gasteiger partial charge in [0, 0.05) is 59.1 Å². The van der Waals surface area contributed by atoms with Crippen LogP contribution in [0.2, 0.25) is 0 Å². The first kappa shape index (κ1) is 32.1. The van der Waals surface area contributed by atoms with Crippen LogP contribution < -0.4 is 4.90 Å². The second kappa shape index (κ2) is 12.7. The molecule has 0 fully saturated rings. The predicted molar refractivity (Wildman–Crippen MR) is 246 cm³/mol. The van der Waals surface area contributed by atoms with Crippen molar-refractivity contribution in [2.45, 2.75) is 0 Å². The number of aromatic nitrogens is 1. The molecule has 0 saturated carbocycles. The molecule has 2 heterocycles. The summed E-state index contributed by atoms with van der Waals surface area (Å²) in [6.45, 7) is 0. The molecule has 0 saturated heterocycles. The van der Waals surface area contributed by atoms with E-state index in [1.54, 1.807) is 0 Å². The van der Waals surface area contributed by atoms with Gasteiger partial charge in [-0.15, -0.1) is 11.3 Å². The molecule has 3 heteroatoms. The molecule has 2 nitrogen and oxygen atoms in total. The molecule has 2 aromatic heterocycles. The van der Waals surface area contributed by atoms with Gasteiger partial charge in [0.25, 0.3) is 0 Å². The summed E-state index contributed by atoms with van der Waals surface area (Å²) >= 11 is 1.88. The van der Waals surface area contributed by atoms with Crippen molar-refractivity contribution in [1.82, 2.24) is 4.57 Å². The SMILES string of the molecule is c1ccc(N(c2ccc3c4ccccc4c4ccccc4c3c2)c2ccc3c4ccccc4n(-c4ccccc4-c4cccc5c4sc4ccccc45)c3c2)cc1. The Hall–Kier alpha value is -7.20. The first-order valence-corrected chi connectivity index (χ1v) is 20.3. The van der Waals surface area contributed by atoms with Crippen molar-refractivity contribution >= 4 is 103 Å². The first-order chi connectivity index (χ1) is 28.3. The summed E-state index contributed by atoms with van der Waals surface area (Å²) in [6.07, 6.45) is 0. The standard InChI is InChI=1S/C54H34N2S/c1-2-15-35(16-3-1)55(36-29-31-42-40-19-5-4-17-38(40)39-18-6-7-20-41(39)49(42)33-36)37-30-32-45-43-21-8-11-26-50(43)56(52(45)34-37)51-27-12-9-22-44(51)47-24-14-25-48-46-23-10-13-28-53(46)57-54(47)48/h1-34H. The molecule has 0 unspecified atom stereocenters. The van der Waals surface area contributed by atoms with Crippen LogP contribution in [0.5, 0.6) is 0 Å². The van der Waals surface area contributed by atoms with E-state index >= 15 is 0 Å². The van der Waals surface area contributed by atoms with Crippen molar-refractivity contribution in [3.05, 3.63) is 206 Å². The molecule has 0 atom stereocenters. The van der Waals surface area contributed by atoms with E-state index in [4.69, 9.17) is 0 Å². The van der Waals surface area contributed by atoms with E-state index in [1.807, 2.05) is 11.3 Å². The third kappa shape index (κ3) is 4.89. The number of para-hydroxylation sites is 3. The van der Waals surface area contributed by atoms with Crippen LogP contribution in [0, 0.1) is 0 Å². The van der Waals surface area contributed by atoms with Gasteiger partial charge in [-0.3, -0.25) is 0 Å². The summed E-state index contributed by atoms with van der Waals surface area (Å²) in [6, 6.07) is 75.7. The molecule has 0 amide bonds. The van der Waals surface area contributed by atoms with Gasteiger partial charge >= 0.3 is 0 Å². The molecule has 12 rings (SSSR count). The molecule has 57 heavy (non-hydrogen) atoms. The molecule has 10 aromatic carbocycles. The van der Waals surface area contributed by atoms with Crippen LogP contribution in [-0.2, 0) is 0 Å². The van der Waals surface area contributed by atoms with Crippen LogP contribution in [0.1, 0.15) is 0 Å². The van der Waals surface area contributed by atoms with Gasteiger partial charge in [-0.2, -0.15) is 0 Å². The van der Waals surface area contributed by atoms with Gasteiger partial charge in [-0.05, 0) is 86.9 Å². The summed E-state index contributed by atoms with van der Waals surface area (Å²) < 4.78 is 5.12. The van der Waals surface area contributed by atoms with Crippen molar-refractivity contribution in [3.8, 4) is 16.8 Å². The maximum Gasteiger partial charge on any atom is 0.0562 e. The molecule has 0 spiro atoms. The van der Waals surface area contributed by atoms with E-state index < -0.39 is 0 Å². The lowest BCUT2D eigenvalue weighted by Gasteiger charge is -2.26. The van der Waals surface area contributed by atoms with Gasteiger partial charge in [-0.1, -0.05) is 152 Å². The van der Waals surface area contributed by atoms with Gasteiger partial charge in [-0.25, -0.2) is 0 Å². The van der Waals surface area contributed by atoms with Crippen molar-refractivity contribution in [2.24, 2.45) is 0 Å². The summed E-state index contributed by atoms with van der Waals surface area (Å²) in [5.74, 6) is 0. The summed E-state index contributed by atoms with van der Waals surface area (Å²) in [4.78, 5) is 2.41. The highest BCUT2D eigenvalue weighted by atomic mass is 32.1. The fourth-order valence-electron chi connectivity index (χ4n) is 9.27. The molecule has 0 aliphatic rings. The minimum Gasteiger partial charge on any atom is -0.310 e. The maximum absolute atomic E-state index is 2.48. The largest absolute Gasteiger partial charge is 0.310 e. The maximum atomic E-state index is 2.48. The van der Waals surface area contributed by atoms with Crippen LogP contribution >= 0.6 is 11.3 Å². The zero-order valence-electron chi connectivity index (χ0n) is 30.9. The van der Waals surface area contributed by atoms with E-state index in [2.05, 4.69) is 216 Å².